The molecule has 0 aromatic rings. The van der Waals surface area contributed by atoms with Gasteiger partial charge in [0.2, 0.25) is 0 Å². The molecule has 64 valence electrons. The molecular formula is Li2Rb4S8Ta2. The first-order valence-corrected chi connectivity index (χ1v) is 0. The molecule has 16 heteroatoms. The molecule has 0 radical (unpaired) electrons. The van der Waals surface area contributed by atoms with Crippen LogP contribution in [0.3, 0.4) is 0 Å². The van der Waals surface area contributed by atoms with Crippen LogP contribution in [0.5, 0.6) is 0 Å². The second-order valence-corrected chi connectivity index (χ2v) is 0. The van der Waals surface area contributed by atoms with E-state index in [-0.39, 0.29) is 423 Å². The van der Waals surface area contributed by atoms with Crippen molar-refractivity contribution in [1.29, 1.82) is 0 Å². The van der Waals surface area contributed by atoms with Gasteiger partial charge in [-0.05, 0) is 0 Å². The van der Waals surface area contributed by atoms with Crippen LogP contribution in [0.4, 0.5) is 0 Å². The van der Waals surface area contributed by atoms with E-state index in [1.165, 1.54) is 0 Å². The first-order valence-electron chi connectivity index (χ1n) is 0. The summed E-state index contributed by atoms with van der Waals surface area (Å²) < 4.78 is 0. The van der Waals surface area contributed by atoms with Crippen molar-refractivity contribution >= 4 is 108 Å². The van der Waals surface area contributed by atoms with Gasteiger partial charge in [0.25, 0.3) is 0 Å². The Hall–Kier alpha value is 12.7. The van der Waals surface area contributed by atoms with Gasteiger partial charge in [0.15, 0.2) is 0 Å². The summed E-state index contributed by atoms with van der Waals surface area (Å²) in [7, 11) is 0. The molecule has 0 aromatic carbocycles. The minimum absolute atomic E-state index is 0. The molecule has 0 aliphatic rings. The van der Waals surface area contributed by atoms with Crippen LogP contribution in [-0.2, 0) is 153 Å². The molecule has 0 heterocycles. The van der Waals surface area contributed by atoms with E-state index in [1.54, 1.807) is 0 Å². The Morgan fingerprint density at radius 1 is 0.250 bits per heavy atom. The Labute approximate surface area is 408 Å². The molecule has 0 N–H and O–H groups in total. The molecule has 16 heavy (non-hydrogen) atoms. The third-order valence-electron chi connectivity index (χ3n) is 0. The molecule has 0 aliphatic heterocycles. The first-order chi connectivity index (χ1) is 0. The van der Waals surface area contributed by atoms with Gasteiger partial charge < -0.3 is 108 Å². The fourth-order valence-electron chi connectivity index (χ4n) is 0. The van der Waals surface area contributed by atoms with Gasteiger partial charge in [-0.15, -0.1) is 0 Å². The van der Waals surface area contributed by atoms with Gasteiger partial charge in [0, 0.05) is 0 Å². The zero-order chi connectivity index (χ0) is 0. The van der Waals surface area contributed by atoms with Crippen LogP contribution in [0.1, 0.15) is 0 Å². The van der Waals surface area contributed by atoms with Gasteiger partial charge in [0.1, 0.15) is 0 Å². The summed E-state index contributed by atoms with van der Waals surface area (Å²) in [4.78, 5) is 0. The van der Waals surface area contributed by atoms with Crippen molar-refractivity contribution in [2.75, 3.05) is 0 Å². The van der Waals surface area contributed by atoms with Crippen molar-refractivity contribution in [2.24, 2.45) is 0 Å². The van der Waals surface area contributed by atoms with E-state index in [4.69, 9.17) is 0 Å². The van der Waals surface area contributed by atoms with E-state index in [0.29, 0.717) is 0 Å². The Balaban J connectivity index is 0. The van der Waals surface area contributed by atoms with E-state index in [1.807, 2.05) is 0 Å². The molecular weight excluding hydrogens is 974 g/mol. The van der Waals surface area contributed by atoms with Crippen LogP contribution in [0.25, 0.3) is 0 Å². The van der Waals surface area contributed by atoms with Gasteiger partial charge in [-0.1, -0.05) is 0 Å². The van der Waals surface area contributed by atoms with Crippen LogP contribution in [0, 0.1) is 0 Å². The third-order valence-corrected chi connectivity index (χ3v) is 0. The topological polar surface area (TPSA) is 0 Å². The Kier molecular flexibility index (Phi) is 1050. The summed E-state index contributed by atoms with van der Waals surface area (Å²) in [6.45, 7) is 0. The molecule has 0 saturated heterocycles. The van der Waals surface area contributed by atoms with E-state index in [9.17, 15) is 0 Å². The van der Waals surface area contributed by atoms with E-state index >= 15 is 0 Å². The van der Waals surface area contributed by atoms with Crippen LogP contribution < -0.4 is 270 Å². The van der Waals surface area contributed by atoms with E-state index < -0.39 is 0 Å². The standard InChI is InChI=1S/2Li.4Rb.8S.2Ta/q6*+1;8*-2;2*+5. The molecule has 0 spiro atoms. The summed E-state index contributed by atoms with van der Waals surface area (Å²) in [6, 6.07) is 0. The molecule has 0 fully saturated rings. The average Bonchev–Trinajstić information content (AvgIpc) is 0. The largest absolute Gasteiger partial charge is 5.00 e. The third kappa shape index (κ3) is 109. The zero-order valence-corrected chi connectivity index (χ0v) is 42.8. The predicted molar refractivity (Wildman–Crippen MR) is 58.9 cm³/mol. The van der Waals surface area contributed by atoms with Gasteiger partial charge in [-0.2, -0.15) is 0 Å². The van der Waals surface area contributed by atoms with Crippen LogP contribution in [0.15, 0.2) is 0 Å². The maximum absolute atomic E-state index is 0. The predicted octanol–water partition coefficient (Wildman–Crippen LogP) is -18.0. The van der Waals surface area contributed by atoms with Crippen molar-refractivity contribution in [1.82, 2.24) is 0 Å². The summed E-state index contributed by atoms with van der Waals surface area (Å²) in [6.07, 6.45) is 0. The SMILES string of the molecule is [Li+].[Li+].[Rb+].[Rb+].[Rb+].[Rb+].[S-2].[S-2].[S-2].[S-2].[S-2].[S-2].[S-2].[S-2].[Ta+5].[Ta+5]. The van der Waals surface area contributed by atoms with Crippen molar-refractivity contribution in [3.63, 3.8) is 0 Å². The summed E-state index contributed by atoms with van der Waals surface area (Å²) in [5.74, 6) is 0. The molecule has 0 aliphatic carbocycles. The minimum Gasteiger partial charge on any atom is -2.00 e. The molecule has 0 rings (SSSR count). The molecule has 0 bridgehead atoms. The molecule has 0 nitrogen and oxygen atoms in total. The van der Waals surface area contributed by atoms with Gasteiger partial charge in [-0.25, -0.2) is 0 Å². The normalized spacial score (nSPS) is 0. The van der Waals surface area contributed by atoms with Crippen LogP contribution in [-0.4, -0.2) is 0 Å². The first kappa shape index (κ1) is 137. The Morgan fingerprint density at radius 2 is 0.250 bits per heavy atom. The summed E-state index contributed by atoms with van der Waals surface area (Å²) in [5, 5.41) is 0. The van der Waals surface area contributed by atoms with E-state index in [2.05, 4.69) is 0 Å². The van der Waals surface area contributed by atoms with Gasteiger partial charge in [-0.3, -0.25) is 0 Å². The Bertz CT molecular complexity index is 28.0. The second kappa shape index (κ2) is 122. The molecule has 0 amide bonds. The zero-order valence-electron chi connectivity index (χ0n) is 10.2. The number of rotatable bonds is 0. The van der Waals surface area contributed by atoms with Crippen molar-refractivity contribution in [3.05, 3.63) is 0 Å². The van der Waals surface area contributed by atoms with Crippen LogP contribution in [0.2, 0.25) is 0 Å². The fraction of sp³-hybridized carbons (Fsp3) is 0. The monoisotopic (exact) mass is 971 g/mol. The number of hydrogen-bond acceptors (Lipinski definition) is 0. The van der Waals surface area contributed by atoms with Crippen molar-refractivity contribution < 1.29 is 315 Å². The van der Waals surface area contributed by atoms with E-state index in [0.717, 1.165) is 0 Å². The number of hydrogen-bond donors (Lipinski definition) is 0. The smallest absolute Gasteiger partial charge is 2.00 e. The maximum atomic E-state index is 0. The average molecular weight is 974 g/mol. The maximum Gasteiger partial charge on any atom is 5.00 e. The minimum atomic E-state index is 0. The summed E-state index contributed by atoms with van der Waals surface area (Å²) in [5.41, 5.74) is 0. The molecule has 0 aromatic heterocycles. The summed E-state index contributed by atoms with van der Waals surface area (Å²) >= 11 is 0. The van der Waals surface area contributed by atoms with Gasteiger partial charge in [0.05, 0.1) is 0 Å². The quantitative estimate of drug-likeness (QED) is 0.212. The second-order valence-electron chi connectivity index (χ2n) is 0. The molecule has 0 unspecified atom stereocenters. The van der Waals surface area contributed by atoms with Crippen molar-refractivity contribution in [3.8, 4) is 0 Å². The molecule has 0 saturated carbocycles. The fourth-order valence-corrected chi connectivity index (χ4v) is 0. The molecule has 0 atom stereocenters. The van der Waals surface area contributed by atoms with Crippen LogP contribution >= 0.6 is 0 Å². The Morgan fingerprint density at radius 3 is 0.250 bits per heavy atom. The van der Waals surface area contributed by atoms with Gasteiger partial charge >= 0.3 is 315 Å². The van der Waals surface area contributed by atoms with Crippen molar-refractivity contribution in [2.45, 2.75) is 0 Å².